The summed E-state index contributed by atoms with van der Waals surface area (Å²) in [6, 6.07) is 7.73. The third kappa shape index (κ3) is 3.34. The van der Waals surface area contributed by atoms with Crippen LogP contribution in [0.15, 0.2) is 24.3 Å². The minimum absolute atomic E-state index is 0.00933. The van der Waals surface area contributed by atoms with E-state index in [1.54, 1.807) is 7.11 Å². The smallest absolute Gasteiger partial charge is 0.337 e. The molecule has 164 valence electrons. The summed E-state index contributed by atoms with van der Waals surface area (Å²) in [4.78, 5) is 24.4. The first-order valence-electron chi connectivity index (χ1n) is 10.9. The van der Waals surface area contributed by atoms with Crippen molar-refractivity contribution in [2.75, 3.05) is 27.4 Å². The Morgan fingerprint density at radius 1 is 1.20 bits per heavy atom. The number of ether oxygens (including phenoxy) is 3. The minimum Gasteiger partial charge on any atom is -0.465 e. The van der Waals surface area contributed by atoms with Gasteiger partial charge < -0.3 is 19.5 Å². The number of carbonyl (C=O) groups excluding carboxylic acids is 2. The lowest BCUT2D eigenvalue weighted by atomic mass is 9.59. The molecule has 6 nitrogen and oxygen atoms in total. The zero-order valence-electron chi connectivity index (χ0n) is 18.4. The van der Waals surface area contributed by atoms with Crippen molar-refractivity contribution in [1.29, 1.82) is 0 Å². The molecule has 1 aliphatic heterocycles. The highest BCUT2D eigenvalue weighted by Crippen LogP contribution is 2.70. The molecule has 1 aromatic rings. The standard InChI is InChI=1S/C24H33NO5/c1-23(2)17-13-18-20(15-5-7-16(8-6-15)21(27)29-4)30-12-10-24(18,14-17)22(23)25-19(26)9-11-28-3/h5-8,17-18,20,22H,9-14H2,1-4H3,(H,25,26)/t17-,18-,20-,22-,24-/m1/s1. The van der Waals surface area contributed by atoms with Crippen molar-refractivity contribution in [3.05, 3.63) is 35.4 Å². The van der Waals surface area contributed by atoms with Gasteiger partial charge in [-0.25, -0.2) is 4.79 Å². The van der Waals surface area contributed by atoms with E-state index in [2.05, 4.69) is 19.2 Å². The van der Waals surface area contributed by atoms with Gasteiger partial charge in [0.05, 0.1) is 25.4 Å². The molecule has 30 heavy (non-hydrogen) atoms. The fourth-order valence-corrected chi connectivity index (χ4v) is 6.47. The number of rotatable bonds is 6. The summed E-state index contributed by atoms with van der Waals surface area (Å²) < 4.78 is 16.2. The summed E-state index contributed by atoms with van der Waals surface area (Å²) in [5.41, 5.74) is 1.77. The van der Waals surface area contributed by atoms with E-state index in [9.17, 15) is 9.59 Å². The van der Waals surface area contributed by atoms with Crippen LogP contribution < -0.4 is 5.32 Å². The Kier molecular flexibility index (Phi) is 5.66. The Hall–Kier alpha value is -1.92. The Balaban J connectivity index is 1.59. The van der Waals surface area contributed by atoms with Crippen LogP contribution >= 0.6 is 0 Å². The lowest BCUT2D eigenvalue weighted by molar-refractivity contribution is -0.137. The maximum atomic E-state index is 12.6. The lowest BCUT2D eigenvalue weighted by Crippen LogP contribution is -2.59. The summed E-state index contributed by atoms with van der Waals surface area (Å²) in [7, 11) is 3.01. The average Bonchev–Trinajstić information content (AvgIpc) is 3.24. The number of nitrogens with one attached hydrogen (secondary N) is 1. The number of hydrogen-bond donors (Lipinski definition) is 1. The van der Waals surface area contributed by atoms with Crippen LogP contribution in [-0.4, -0.2) is 45.4 Å². The number of amides is 1. The predicted octanol–water partition coefficient (Wildman–Crippen LogP) is 3.51. The second-order valence-electron chi connectivity index (χ2n) is 9.70. The molecule has 1 N–H and O–H groups in total. The second kappa shape index (κ2) is 7.97. The van der Waals surface area contributed by atoms with E-state index in [-0.39, 0.29) is 34.9 Å². The van der Waals surface area contributed by atoms with Crippen molar-refractivity contribution in [3.8, 4) is 0 Å². The van der Waals surface area contributed by atoms with Crippen LogP contribution in [0.25, 0.3) is 0 Å². The average molecular weight is 416 g/mol. The number of fused-ring (bicyclic) bond motifs is 1. The van der Waals surface area contributed by atoms with Gasteiger partial charge in [-0.2, -0.15) is 0 Å². The minimum atomic E-state index is -0.330. The van der Waals surface area contributed by atoms with E-state index in [1.165, 1.54) is 7.11 Å². The molecule has 2 bridgehead atoms. The summed E-state index contributed by atoms with van der Waals surface area (Å²) in [6.07, 6.45) is 3.61. The van der Waals surface area contributed by atoms with Crippen LogP contribution in [-0.2, 0) is 19.0 Å². The Bertz CT molecular complexity index is 804. The quantitative estimate of drug-likeness (QED) is 0.720. The van der Waals surface area contributed by atoms with Crippen molar-refractivity contribution >= 4 is 11.9 Å². The molecule has 3 fully saturated rings. The van der Waals surface area contributed by atoms with E-state index < -0.39 is 0 Å². The molecule has 2 saturated carbocycles. The molecule has 1 spiro atoms. The molecule has 1 heterocycles. The lowest BCUT2D eigenvalue weighted by Gasteiger charge is -2.53. The number of hydrogen-bond acceptors (Lipinski definition) is 5. The highest BCUT2D eigenvalue weighted by Gasteiger charge is 2.68. The van der Waals surface area contributed by atoms with Crippen LogP contribution in [0.5, 0.6) is 0 Å². The van der Waals surface area contributed by atoms with Gasteiger partial charge in [-0.15, -0.1) is 0 Å². The van der Waals surface area contributed by atoms with Gasteiger partial charge in [-0.3, -0.25) is 4.79 Å². The van der Waals surface area contributed by atoms with Crippen LogP contribution in [0.1, 0.15) is 61.6 Å². The van der Waals surface area contributed by atoms with Crippen LogP contribution in [0.3, 0.4) is 0 Å². The third-order valence-corrected chi connectivity index (χ3v) is 8.00. The molecule has 0 aromatic heterocycles. The Labute approximate surface area is 178 Å². The van der Waals surface area contributed by atoms with E-state index >= 15 is 0 Å². The molecule has 3 aliphatic rings. The highest BCUT2D eigenvalue weighted by atomic mass is 16.5. The number of esters is 1. The van der Waals surface area contributed by atoms with E-state index in [4.69, 9.17) is 14.2 Å². The molecule has 2 aliphatic carbocycles. The van der Waals surface area contributed by atoms with Gasteiger partial charge in [0.2, 0.25) is 5.91 Å². The largest absolute Gasteiger partial charge is 0.465 e. The zero-order chi connectivity index (χ0) is 21.5. The normalized spacial score (nSPS) is 33.7. The molecule has 5 atom stereocenters. The number of methoxy groups -OCH3 is 2. The summed E-state index contributed by atoms with van der Waals surface area (Å²) in [6.45, 7) is 5.74. The van der Waals surface area contributed by atoms with Gasteiger partial charge in [-0.1, -0.05) is 26.0 Å². The Morgan fingerprint density at radius 2 is 1.93 bits per heavy atom. The third-order valence-electron chi connectivity index (χ3n) is 8.00. The number of carbonyl (C=O) groups is 2. The van der Waals surface area contributed by atoms with Crippen LogP contribution in [0, 0.1) is 22.7 Å². The first-order valence-corrected chi connectivity index (χ1v) is 10.9. The van der Waals surface area contributed by atoms with Crippen molar-refractivity contribution in [1.82, 2.24) is 5.32 Å². The number of benzene rings is 1. The fraction of sp³-hybridized carbons (Fsp3) is 0.667. The van der Waals surface area contributed by atoms with Gasteiger partial charge in [-0.05, 0) is 59.6 Å². The molecule has 1 saturated heterocycles. The molecule has 1 amide bonds. The van der Waals surface area contributed by atoms with Crippen LogP contribution in [0.2, 0.25) is 0 Å². The van der Waals surface area contributed by atoms with Gasteiger partial charge in [0, 0.05) is 26.2 Å². The van der Waals surface area contributed by atoms with Gasteiger partial charge in [0.1, 0.15) is 0 Å². The van der Waals surface area contributed by atoms with E-state index in [0.717, 1.165) is 24.8 Å². The molecule has 0 radical (unpaired) electrons. The molecule has 1 aromatic carbocycles. The molecular weight excluding hydrogens is 382 g/mol. The van der Waals surface area contributed by atoms with Crippen molar-refractivity contribution in [2.24, 2.45) is 22.7 Å². The topological polar surface area (TPSA) is 73.9 Å². The molecule has 4 rings (SSSR count). The second-order valence-corrected chi connectivity index (χ2v) is 9.70. The predicted molar refractivity (Wildman–Crippen MR) is 112 cm³/mol. The maximum absolute atomic E-state index is 12.6. The van der Waals surface area contributed by atoms with E-state index in [0.29, 0.717) is 37.0 Å². The van der Waals surface area contributed by atoms with Crippen molar-refractivity contribution < 1.29 is 23.8 Å². The van der Waals surface area contributed by atoms with Crippen LogP contribution in [0.4, 0.5) is 0 Å². The SMILES string of the molecule is COCCC(=O)N[C@@H]1C(C)(C)[C@@H]2C[C@@H]3[C@@H](c4ccc(C(=O)OC)cc4)OCC[C@@]31C2. The van der Waals surface area contributed by atoms with E-state index in [1.807, 2.05) is 24.3 Å². The first kappa shape index (κ1) is 21.3. The highest BCUT2D eigenvalue weighted by molar-refractivity contribution is 5.89. The zero-order valence-corrected chi connectivity index (χ0v) is 18.4. The van der Waals surface area contributed by atoms with Crippen molar-refractivity contribution in [3.63, 3.8) is 0 Å². The fourth-order valence-electron chi connectivity index (χ4n) is 6.47. The maximum Gasteiger partial charge on any atom is 0.337 e. The monoisotopic (exact) mass is 415 g/mol. The summed E-state index contributed by atoms with van der Waals surface area (Å²) in [5, 5.41) is 3.39. The summed E-state index contributed by atoms with van der Waals surface area (Å²) >= 11 is 0. The van der Waals surface area contributed by atoms with Gasteiger partial charge in [0.15, 0.2) is 0 Å². The molecule has 6 heteroatoms. The van der Waals surface area contributed by atoms with Gasteiger partial charge in [0.25, 0.3) is 0 Å². The first-order chi connectivity index (χ1) is 14.3. The van der Waals surface area contributed by atoms with Gasteiger partial charge >= 0.3 is 5.97 Å². The summed E-state index contributed by atoms with van der Waals surface area (Å²) in [5.74, 6) is 0.666. The Morgan fingerprint density at radius 3 is 2.60 bits per heavy atom. The van der Waals surface area contributed by atoms with Crippen molar-refractivity contribution in [2.45, 2.75) is 51.7 Å². The molecule has 0 unspecified atom stereocenters. The molecular formula is C24H33NO5.